The second-order valence-corrected chi connectivity index (χ2v) is 8.21. The third-order valence-electron chi connectivity index (χ3n) is 7.56. The van der Waals surface area contributed by atoms with Gasteiger partial charge in [-0.25, -0.2) is 0 Å². The van der Waals surface area contributed by atoms with Gasteiger partial charge in [0.2, 0.25) is 0 Å². The molecule has 1 aliphatic heterocycles. The van der Waals surface area contributed by atoms with Crippen molar-refractivity contribution < 1.29 is 14.6 Å². The number of hydrogen-bond acceptors (Lipinski definition) is 3. The van der Waals surface area contributed by atoms with Gasteiger partial charge in [0, 0.05) is 6.42 Å². The molecule has 0 aromatic carbocycles. The number of ether oxygens (including phenoxy) is 1. The van der Waals surface area contributed by atoms with E-state index in [-0.39, 0.29) is 23.2 Å². The number of carbonyl (C=O) groups is 1. The van der Waals surface area contributed by atoms with Crippen molar-refractivity contribution in [2.24, 2.45) is 17.3 Å². The van der Waals surface area contributed by atoms with Gasteiger partial charge in [0.15, 0.2) is 5.78 Å². The van der Waals surface area contributed by atoms with Gasteiger partial charge in [-0.15, -0.1) is 0 Å². The first-order valence-electron chi connectivity index (χ1n) is 8.67. The highest BCUT2D eigenvalue weighted by atomic mass is 16.6. The largest absolute Gasteiger partial charge is 0.393 e. The van der Waals surface area contributed by atoms with Gasteiger partial charge in [-0.3, -0.25) is 4.79 Å². The minimum Gasteiger partial charge on any atom is -0.393 e. The molecule has 3 heteroatoms. The maximum absolute atomic E-state index is 11.9. The van der Waals surface area contributed by atoms with E-state index in [4.69, 9.17) is 4.74 Å². The number of aliphatic hydroxyl groups excluding tert-OH is 1. The summed E-state index contributed by atoms with van der Waals surface area (Å²) in [6.45, 7) is 2.31. The lowest BCUT2D eigenvalue weighted by molar-refractivity contribution is -0.120. The minimum atomic E-state index is -0.161. The topological polar surface area (TPSA) is 49.8 Å². The Balaban J connectivity index is 1.56. The van der Waals surface area contributed by atoms with Gasteiger partial charge < -0.3 is 9.84 Å². The monoisotopic (exact) mass is 288 g/mol. The lowest BCUT2D eigenvalue weighted by atomic mass is 9.56. The smallest absolute Gasteiger partial charge is 0.165 e. The van der Waals surface area contributed by atoms with E-state index in [2.05, 4.69) is 6.92 Å². The van der Waals surface area contributed by atoms with E-state index in [1.807, 2.05) is 0 Å². The Bertz CT molecular complexity index is 565. The first-order valence-corrected chi connectivity index (χ1v) is 8.67. The Morgan fingerprint density at radius 1 is 1.14 bits per heavy atom. The van der Waals surface area contributed by atoms with Crippen LogP contribution in [0.2, 0.25) is 0 Å². The van der Waals surface area contributed by atoms with Gasteiger partial charge in [-0.2, -0.15) is 0 Å². The van der Waals surface area contributed by atoms with E-state index in [0.29, 0.717) is 24.0 Å². The summed E-state index contributed by atoms with van der Waals surface area (Å²) in [6, 6.07) is 0. The fourth-order valence-electron chi connectivity index (χ4n) is 6.30. The minimum absolute atomic E-state index is 0.0998. The second kappa shape index (κ2) is 3.80. The second-order valence-electron chi connectivity index (χ2n) is 8.21. The SMILES string of the molecule is C[C@]12CCC3=C4CCC(=O)C5OC45CC[C@H]3[C@@H]1CC[C@@H]2O. The summed E-state index contributed by atoms with van der Waals surface area (Å²) >= 11 is 0. The summed E-state index contributed by atoms with van der Waals surface area (Å²) in [5.74, 6) is 1.63. The Labute approximate surface area is 125 Å². The number of hydrogen-bond donors (Lipinski definition) is 1. The zero-order valence-corrected chi connectivity index (χ0v) is 12.7. The zero-order chi connectivity index (χ0) is 14.4. The molecular formula is C18H24O3. The number of Topliss-reactive ketones (excluding diaryl/α,β-unsaturated/α-hetero) is 1. The molecule has 4 aliphatic carbocycles. The number of fused-ring (bicyclic) bond motifs is 3. The van der Waals surface area contributed by atoms with Crippen LogP contribution >= 0.6 is 0 Å². The molecule has 1 N–H and O–H groups in total. The highest BCUT2D eigenvalue weighted by Crippen LogP contribution is 2.64. The van der Waals surface area contributed by atoms with Crippen molar-refractivity contribution in [3.63, 3.8) is 0 Å². The maximum atomic E-state index is 11.9. The Morgan fingerprint density at radius 3 is 2.86 bits per heavy atom. The Hall–Kier alpha value is -0.670. The first kappa shape index (κ1) is 12.8. The van der Waals surface area contributed by atoms with E-state index in [9.17, 15) is 9.90 Å². The zero-order valence-electron chi connectivity index (χ0n) is 12.7. The summed E-state index contributed by atoms with van der Waals surface area (Å²) in [5.41, 5.74) is 3.11. The summed E-state index contributed by atoms with van der Waals surface area (Å²) in [5, 5.41) is 10.4. The van der Waals surface area contributed by atoms with Crippen molar-refractivity contribution in [3.8, 4) is 0 Å². The number of carbonyl (C=O) groups excluding carboxylic acids is 1. The molecule has 6 atom stereocenters. The van der Waals surface area contributed by atoms with Crippen molar-refractivity contribution in [1.82, 2.24) is 0 Å². The lowest BCUT2D eigenvalue weighted by Gasteiger charge is -2.49. The van der Waals surface area contributed by atoms with Crippen LogP contribution in [-0.4, -0.2) is 28.7 Å². The Kier molecular flexibility index (Phi) is 2.32. The highest BCUT2D eigenvalue weighted by molar-refractivity contribution is 5.90. The first-order chi connectivity index (χ1) is 10.1. The van der Waals surface area contributed by atoms with Crippen LogP contribution in [0.25, 0.3) is 0 Å². The van der Waals surface area contributed by atoms with Crippen LogP contribution < -0.4 is 0 Å². The van der Waals surface area contributed by atoms with Gasteiger partial charge >= 0.3 is 0 Å². The molecule has 0 aromatic heterocycles. The molecule has 0 radical (unpaired) electrons. The summed E-state index contributed by atoms with van der Waals surface area (Å²) < 4.78 is 5.93. The molecule has 0 aromatic rings. The summed E-state index contributed by atoms with van der Waals surface area (Å²) in [6.07, 6.45) is 8.00. The molecule has 114 valence electrons. The summed E-state index contributed by atoms with van der Waals surface area (Å²) in [7, 11) is 0. The fraction of sp³-hybridized carbons (Fsp3) is 0.833. The predicted molar refractivity (Wildman–Crippen MR) is 77.7 cm³/mol. The maximum Gasteiger partial charge on any atom is 0.165 e. The molecule has 1 spiro atoms. The molecule has 3 nitrogen and oxygen atoms in total. The number of epoxide rings is 1. The quantitative estimate of drug-likeness (QED) is 0.551. The van der Waals surface area contributed by atoms with Crippen LogP contribution in [0, 0.1) is 17.3 Å². The third-order valence-corrected chi connectivity index (χ3v) is 7.56. The summed E-state index contributed by atoms with van der Waals surface area (Å²) in [4.78, 5) is 11.9. The van der Waals surface area contributed by atoms with Crippen molar-refractivity contribution in [3.05, 3.63) is 11.1 Å². The number of allylic oxidation sites excluding steroid dienone is 1. The van der Waals surface area contributed by atoms with Crippen molar-refractivity contribution in [2.75, 3.05) is 0 Å². The van der Waals surface area contributed by atoms with E-state index < -0.39 is 0 Å². The molecule has 1 heterocycles. The van der Waals surface area contributed by atoms with Gasteiger partial charge in [0.25, 0.3) is 0 Å². The van der Waals surface area contributed by atoms with Crippen molar-refractivity contribution in [2.45, 2.75) is 76.1 Å². The van der Waals surface area contributed by atoms with Gasteiger partial charge in [0.1, 0.15) is 11.7 Å². The van der Waals surface area contributed by atoms with E-state index >= 15 is 0 Å². The van der Waals surface area contributed by atoms with Crippen LogP contribution in [0.1, 0.15) is 58.3 Å². The van der Waals surface area contributed by atoms with Gasteiger partial charge in [-0.1, -0.05) is 12.5 Å². The van der Waals surface area contributed by atoms with E-state index in [0.717, 1.165) is 38.5 Å². The number of ketones is 1. The van der Waals surface area contributed by atoms with Crippen LogP contribution in [0.5, 0.6) is 0 Å². The van der Waals surface area contributed by atoms with Crippen molar-refractivity contribution in [1.29, 1.82) is 0 Å². The standard InChI is InChI=1S/C18H24O3/c1-17-8-6-11-10(12(17)3-5-15(17)20)7-9-18-13(11)2-4-14(19)16(18)21-18/h10,12,15-16,20H,2-9H2,1H3/t10-,12+,15+,16?,17+,18?/m1/s1. The molecular weight excluding hydrogens is 264 g/mol. The lowest BCUT2D eigenvalue weighted by Crippen LogP contribution is -2.44. The molecule has 21 heavy (non-hydrogen) atoms. The van der Waals surface area contributed by atoms with Crippen LogP contribution in [0.3, 0.4) is 0 Å². The highest BCUT2D eigenvalue weighted by Gasteiger charge is 2.67. The molecule has 0 amide bonds. The van der Waals surface area contributed by atoms with Crippen molar-refractivity contribution >= 4 is 5.78 Å². The average Bonchev–Trinajstić information content (AvgIpc) is 3.13. The van der Waals surface area contributed by atoms with Crippen LogP contribution in [-0.2, 0) is 9.53 Å². The molecule has 5 aliphatic rings. The van der Waals surface area contributed by atoms with Crippen LogP contribution in [0.15, 0.2) is 11.1 Å². The average molecular weight is 288 g/mol. The third kappa shape index (κ3) is 1.40. The normalized spacial score (nSPS) is 54.7. The number of rotatable bonds is 0. The molecule has 1 saturated heterocycles. The molecule has 2 unspecified atom stereocenters. The number of aliphatic hydroxyl groups is 1. The predicted octanol–water partition coefficient (Wildman–Crippen LogP) is 2.76. The molecule has 5 rings (SSSR count). The Morgan fingerprint density at radius 2 is 2.00 bits per heavy atom. The molecule has 4 fully saturated rings. The van der Waals surface area contributed by atoms with E-state index in [1.165, 1.54) is 12.0 Å². The van der Waals surface area contributed by atoms with E-state index in [1.54, 1.807) is 5.57 Å². The molecule has 0 bridgehead atoms. The van der Waals surface area contributed by atoms with Crippen LogP contribution in [0.4, 0.5) is 0 Å². The fourth-order valence-corrected chi connectivity index (χ4v) is 6.30. The van der Waals surface area contributed by atoms with Gasteiger partial charge in [0.05, 0.1) is 6.10 Å². The van der Waals surface area contributed by atoms with Gasteiger partial charge in [-0.05, 0) is 67.8 Å². The molecule has 3 saturated carbocycles.